The highest BCUT2D eigenvalue weighted by molar-refractivity contribution is 8.01. The quantitative estimate of drug-likeness (QED) is 0.503. The van der Waals surface area contributed by atoms with Crippen molar-refractivity contribution in [1.29, 1.82) is 0 Å². The lowest BCUT2D eigenvalue weighted by atomic mass is 10.0. The van der Waals surface area contributed by atoms with Gasteiger partial charge in [0.05, 0.1) is 17.6 Å². The Hall–Kier alpha value is -2.43. The number of ether oxygens (including phenoxy) is 1. The van der Waals surface area contributed by atoms with Crippen molar-refractivity contribution in [3.05, 3.63) is 95.0 Å². The molecule has 3 rings (SSSR count). The molecule has 2 atom stereocenters. The summed E-state index contributed by atoms with van der Waals surface area (Å²) in [6.07, 6.45) is 0. The lowest BCUT2D eigenvalue weighted by Crippen LogP contribution is -2.23. The predicted octanol–water partition coefficient (Wildman–Crippen LogP) is 6.20. The Morgan fingerprint density at radius 2 is 1.54 bits per heavy atom. The molecule has 0 spiro atoms. The van der Waals surface area contributed by atoms with E-state index in [1.807, 2.05) is 73.7 Å². The molecule has 144 valence electrons. The maximum absolute atomic E-state index is 12.7. The number of halogens is 1. The number of benzene rings is 3. The Labute approximate surface area is 175 Å². The number of nitrogens with one attached hydrogen (secondary N) is 1. The number of carbonyl (C=O) groups excluding carboxylic acids is 1. The van der Waals surface area contributed by atoms with Gasteiger partial charge < -0.3 is 10.1 Å². The van der Waals surface area contributed by atoms with Crippen LogP contribution in [0, 0.1) is 0 Å². The van der Waals surface area contributed by atoms with Crippen molar-refractivity contribution in [3.8, 4) is 5.75 Å². The number of thioether (sulfide) groups is 1. The van der Waals surface area contributed by atoms with Crippen LogP contribution in [0.2, 0.25) is 5.02 Å². The molecule has 0 bridgehead atoms. The molecule has 0 radical (unpaired) electrons. The first-order chi connectivity index (χ1) is 13.6. The third-order valence-corrected chi connectivity index (χ3v) is 6.03. The lowest BCUT2D eigenvalue weighted by Gasteiger charge is -2.22. The third-order valence-electron chi connectivity index (χ3n) is 4.34. The molecule has 1 N–H and O–H groups in total. The van der Waals surface area contributed by atoms with Crippen LogP contribution in [-0.2, 0) is 4.79 Å². The summed E-state index contributed by atoms with van der Waals surface area (Å²) >= 11 is 7.66. The first-order valence-corrected chi connectivity index (χ1v) is 10.3. The minimum Gasteiger partial charge on any atom is -0.497 e. The number of carbonyl (C=O) groups is 1. The molecule has 3 nitrogen and oxygen atoms in total. The zero-order valence-corrected chi connectivity index (χ0v) is 17.3. The minimum absolute atomic E-state index is 0.0370. The average Bonchev–Trinajstić information content (AvgIpc) is 2.73. The number of rotatable bonds is 7. The molecule has 1 amide bonds. The van der Waals surface area contributed by atoms with E-state index in [0.29, 0.717) is 5.02 Å². The second kappa shape index (κ2) is 9.67. The summed E-state index contributed by atoms with van der Waals surface area (Å²) in [7, 11) is 1.62. The Morgan fingerprint density at radius 1 is 0.929 bits per heavy atom. The van der Waals surface area contributed by atoms with Gasteiger partial charge in [-0.2, -0.15) is 0 Å². The van der Waals surface area contributed by atoms with Gasteiger partial charge >= 0.3 is 0 Å². The summed E-state index contributed by atoms with van der Waals surface area (Å²) in [5.74, 6) is 0.720. The van der Waals surface area contributed by atoms with Crippen LogP contribution in [0.3, 0.4) is 0 Å². The third kappa shape index (κ3) is 5.31. The summed E-state index contributed by atoms with van der Waals surface area (Å²) in [5, 5.41) is 3.46. The van der Waals surface area contributed by atoms with Crippen molar-refractivity contribution in [3.63, 3.8) is 0 Å². The van der Waals surface area contributed by atoms with Gasteiger partial charge in [0.25, 0.3) is 0 Å². The van der Waals surface area contributed by atoms with E-state index in [4.69, 9.17) is 16.3 Å². The largest absolute Gasteiger partial charge is 0.497 e. The molecule has 0 aromatic heterocycles. The van der Waals surface area contributed by atoms with E-state index in [1.54, 1.807) is 18.9 Å². The number of hydrogen-bond donors (Lipinski definition) is 1. The number of hydrogen-bond acceptors (Lipinski definition) is 3. The molecule has 0 aliphatic carbocycles. The Balaban J connectivity index is 1.75. The van der Waals surface area contributed by atoms with Gasteiger partial charge in [0.15, 0.2) is 0 Å². The smallest absolute Gasteiger partial charge is 0.237 e. The van der Waals surface area contributed by atoms with Gasteiger partial charge in [-0.1, -0.05) is 54.1 Å². The number of anilines is 1. The molecular weight excluding hydrogens is 390 g/mol. The maximum Gasteiger partial charge on any atom is 0.237 e. The van der Waals surface area contributed by atoms with E-state index in [0.717, 1.165) is 22.6 Å². The Kier molecular flexibility index (Phi) is 7.01. The van der Waals surface area contributed by atoms with Crippen LogP contribution in [0.1, 0.15) is 23.3 Å². The summed E-state index contributed by atoms with van der Waals surface area (Å²) in [5.41, 5.74) is 3.02. The first kappa shape index (κ1) is 20.3. The van der Waals surface area contributed by atoms with Crippen LogP contribution in [-0.4, -0.2) is 18.3 Å². The number of methoxy groups -OCH3 is 1. The molecule has 3 aromatic rings. The lowest BCUT2D eigenvalue weighted by molar-refractivity contribution is -0.115. The first-order valence-electron chi connectivity index (χ1n) is 8.97. The van der Waals surface area contributed by atoms with Crippen LogP contribution in [0.5, 0.6) is 5.75 Å². The highest BCUT2D eigenvalue weighted by atomic mass is 35.5. The highest BCUT2D eigenvalue weighted by Crippen LogP contribution is 2.38. The van der Waals surface area contributed by atoms with Crippen molar-refractivity contribution in [2.24, 2.45) is 0 Å². The van der Waals surface area contributed by atoms with Gasteiger partial charge in [-0.15, -0.1) is 11.8 Å². The Bertz CT molecular complexity index is 898. The van der Waals surface area contributed by atoms with Gasteiger partial charge in [-0.05, 0) is 54.4 Å². The van der Waals surface area contributed by atoms with Gasteiger partial charge in [0, 0.05) is 10.7 Å². The van der Waals surface area contributed by atoms with Crippen molar-refractivity contribution < 1.29 is 9.53 Å². The van der Waals surface area contributed by atoms with Crippen LogP contribution < -0.4 is 10.1 Å². The van der Waals surface area contributed by atoms with Gasteiger partial charge in [-0.3, -0.25) is 4.79 Å². The summed E-state index contributed by atoms with van der Waals surface area (Å²) in [6, 6.07) is 25.3. The van der Waals surface area contributed by atoms with E-state index < -0.39 is 0 Å². The van der Waals surface area contributed by atoms with Gasteiger partial charge in [-0.25, -0.2) is 0 Å². The standard InChI is InChI=1S/C23H22ClNO2S/c1-16(23(26)25-20-12-14-21(27-2)15-13-20)28-22(17-6-4-3-5-7-17)18-8-10-19(24)11-9-18/h3-16,22H,1-2H3,(H,25,26). The SMILES string of the molecule is COc1ccc(NC(=O)C(C)SC(c2ccccc2)c2ccc(Cl)cc2)cc1. The van der Waals surface area contributed by atoms with Crippen LogP contribution >= 0.6 is 23.4 Å². The molecule has 0 aliphatic heterocycles. The maximum atomic E-state index is 12.7. The van der Waals surface area contributed by atoms with E-state index in [2.05, 4.69) is 17.4 Å². The fraction of sp³-hybridized carbons (Fsp3) is 0.174. The summed E-state index contributed by atoms with van der Waals surface area (Å²) in [6.45, 7) is 1.93. The summed E-state index contributed by atoms with van der Waals surface area (Å²) < 4.78 is 5.15. The minimum atomic E-state index is -0.247. The van der Waals surface area contributed by atoms with Crippen molar-refractivity contribution in [2.75, 3.05) is 12.4 Å². The molecule has 5 heteroatoms. The van der Waals surface area contributed by atoms with Crippen molar-refractivity contribution >= 4 is 35.0 Å². The average molecular weight is 412 g/mol. The molecule has 0 saturated heterocycles. The molecule has 2 unspecified atom stereocenters. The van der Waals surface area contributed by atoms with Crippen LogP contribution in [0.15, 0.2) is 78.9 Å². The van der Waals surface area contributed by atoms with E-state index in [1.165, 1.54) is 0 Å². The fourth-order valence-electron chi connectivity index (χ4n) is 2.80. The molecule has 0 heterocycles. The fourth-order valence-corrected chi connectivity index (χ4v) is 4.14. The molecule has 0 aliphatic rings. The molecular formula is C23H22ClNO2S. The van der Waals surface area contributed by atoms with Crippen LogP contribution in [0.25, 0.3) is 0 Å². The number of amides is 1. The zero-order valence-electron chi connectivity index (χ0n) is 15.8. The van der Waals surface area contributed by atoms with Gasteiger partial charge in [0.1, 0.15) is 5.75 Å². The molecule has 0 fully saturated rings. The predicted molar refractivity (Wildman–Crippen MR) is 118 cm³/mol. The van der Waals surface area contributed by atoms with E-state index in [9.17, 15) is 4.79 Å². The second-order valence-electron chi connectivity index (χ2n) is 6.34. The molecule has 28 heavy (non-hydrogen) atoms. The second-order valence-corrected chi connectivity index (χ2v) is 8.23. The van der Waals surface area contributed by atoms with Gasteiger partial charge in [0.2, 0.25) is 5.91 Å². The Morgan fingerprint density at radius 3 is 2.14 bits per heavy atom. The topological polar surface area (TPSA) is 38.3 Å². The normalized spacial score (nSPS) is 12.8. The van der Waals surface area contributed by atoms with Crippen molar-refractivity contribution in [1.82, 2.24) is 0 Å². The summed E-state index contributed by atoms with van der Waals surface area (Å²) in [4.78, 5) is 12.7. The molecule has 0 saturated carbocycles. The van der Waals surface area contributed by atoms with Crippen molar-refractivity contribution in [2.45, 2.75) is 17.4 Å². The zero-order chi connectivity index (χ0) is 19.9. The van der Waals surface area contributed by atoms with Crippen LogP contribution in [0.4, 0.5) is 5.69 Å². The van der Waals surface area contributed by atoms with E-state index >= 15 is 0 Å². The molecule has 3 aromatic carbocycles. The monoisotopic (exact) mass is 411 g/mol. The van der Waals surface area contributed by atoms with E-state index in [-0.39, 0.29) is 16.4 Å². The highest BCUT2D eigenvalue weighted by Gasteiger charge is 2.22.